The second-order valence-corrected chi connectivity index (χ2v) is 7.53. The minimum Gasteiger partial charge on any atom is -0.293 e. The Balaban J connectivity index is 1.66. The summed E-state index contributed by atoms with van der Waals surface area (Å²) in [6.45, 7) is 2.36. The fraction of sp³-hybridized carbons (Fsp3) is 0.350. The lowest BCUT2D eigenvalue weighted by atomic mass is 9.75. The summed E-state index contributed by atoms with van der Waals surface area (Å²) in [7, 11) is 0. The number of hydrogen-bond acceptors (Lipinski definition) is 5. The highest BCUT2D eigenvalue weighted by Gasteiger charge is 2.61. The molecule has 0 unspecified atom stereocenters. The minimum absolute atomic E-state index is 0.0989. The summed E-state index contributed by atoms with van der Waals surface area (Å²) in [5, 5.41) is 14.1. The summed E-state index contributed by atoms with van der Waals surface area (Å²) in [6.07, 6.45) is 5.08. The van der Waals surface area contributed by atoms with Crippen LogP contribution in [0.3, 0.4) is 0 Å². The molecule has 0 aromatic carbocycles. The molecule has 0 N–H and O–H groups in total. The van der Waals surface area contributed by atoms with Gasteiger partial charge in [0.05, 0.1) is 24.2 Å². The first-order valence-corrected chi connectivity index (χ1v) is 9.25. The zero-order valence-corrected chi connectivity index (χ0v) is 15.2. The Morgan fingerprint density at radius 2 is 2.07 bits per heavy atom. The third kappa shape index (κ3) is 2.26. The highest BCUT2D eigenvalue weighted by Crippen LogP contribution is 2.54. The van der Waals surface area contributed by atoms with Crippen molar-refractivity contribution in [2.45, 2.75) is 19.8 Å². The molecule has 2 aliphatic rings. The average molecular weight is 376 g/mol. The molecule has 140 valence electrons. The van der Waals surface area contributed by atoms with E-state index < -0.39 is 11.4 Å². The van der Waals surface area contributed by atoms with Crippen LogP contribution in [0.5, 0.6) is 0 Å². The maximum Gasteiger partial charge on any atom is 0.249 e. The van der Waals surface area contributed by atoms with Gasteiger partial charge in [-0.1, -0.05) is 13.0 Å². The maximum atomic E-state index is 13.6. The lowest BCUT2D eigenvalue weighted by molar-refractivity contribution is -0.124. The van der Waals surface area contributed by atoms with Gasteiger partial charge >= 0.3 is 0 Å². The van der Waals surface area contributed by atoms with Gasteiger partial charge < -0.3 is 0 Å². The predicted octanol–water partition coefficient (Wildman–Crippen LogP) is 2.83. The number of aromatic nitrogens is 4. The molecule has 3 aromatic heterocycles. The number of carbonyl (C=O) groups excluding carboxylic acids is 1. The summed E-state index contributed by atoms with van der Waals surface area (Å²) < 4.78 is 15.2. The lowest BCUT2D eigenvalue weighted by Gasteiger charge is -2.23. The van der Waals surface area contributed by atoms with Crippen molar-refractivity contribution >= 4 is 17.2 Å². The van der Waals surface area contributed by atoms with E-state index in [0.29, 0.717) is 29.3 Å². The van der Waals surface area contributed by atoms with Crippen LogP contribution < -0.4 is 4.90 Å². The van der Waals surface area contributed by atoms with E-state index in [1.54, 1.807) is 40.0 Å². The molecule has 3 aromatic rings. The van der Waals surface area contributed by atoms with Crippen molar-refractivity contribution in [1.29, 1.82) is 5.26 Å². The van der Waals surface area contributed by atoms with Crippen LogP contribution >= 0.6 is 0 Å². The number of nitrogens with zero attached hydrogens (tertiary/aromatic N) is 6. The van der Waals surface area contributed by atoms with Gasteiger partial charge in [-0.25, -0.2) is 14.5 Å². The van der Waals surface area contributed by atoms with Gasteiger partial charge in [0, 0.05) is 12.5 Å². The molecule has 2 atom stereocenters. The first-order valence-electron chi connectivity index (χ1n) is 9.25. The van der Waals surface area contributed by atoms with Crippen molar-refractivity contribution in [2.75, 3.05) is 11.4 Å². The van der Waals surface area contributed by atoms with Crippen LogP contribution in [-0.2, 0) is 4.79 Å². The summed E-state index contributed by atoms with van der Waals surface area (Å²) in [5.74, 6) is -0.373. The van der Waals surface area contributed by atoms with E-state index in [1.165, 1.54) is 6.07 Å². The SMILES string of the molecule is C[C@@H]1CN(c2nc(-c3cccc(F)n3)cn3nccc23)C(=O)[C@]1(C#N)C1CC1. The Morgan fingerprint density at radius 3 is 2.79 bits per heavy atom. The van der Waals surface area contributed by atoms with Crippen molar-refractivity contribution in [3.8, 4) is 17.5 Å². The zero-order valence-electron chi connectivity index (χ0n) is 15.2. The molecule has 2 fully saturated rings. The molecule has 1 aliphatic heterocycles. The topological polar surface area (TPSA) is 87.2 Å². The monoisotopic (exact) mass is 376 g/mol. The van der Waals surface area contributed by atoms with Gasteiger partial charge in [0.2, 0.25) is 11.9 Å². The van der Waals surface area contributed by atoms with E-state index in [2.05, 4.69) is 21.1 Å². The normalized spacial score (nSPS) is 24.7. The number of rotatable bonds is 3. The number of amides is 1. The highest BCUT2D eigenvalue weighted by molar-refractivity contribution is 6.04. The molecule has 0 radical (unpaired) electrons. The molecule has 1 saturated carbocycles. The fourth-order valence-corrected chi connectivity index (χ4v) is 4.27. The molecule has 4 heterocycles. The van der Waals surface area contributed by atoms with Crippen molar-refractivity contribution in [3.05, 3.63) is 42.6 Å². The highest BCUT2D eigenvalue weighted by atomic mass is 19.1. The van der Waals surface area contributed by atoms with Gasteiger partial charge in [-0.15, -0.1) is 0 Å². The molecular weight excluding hydrogens is 359 g/mol. The molecule has 1 amide bonds. The van der Waals surface area contributed by atoms with Crippen LogP contribution in [0.2, 0.25) is 0 Å². The second kappa shape index (κ2) is 5.83. The number of halogens is 1. The molecule has 0 spiro atoms. The maximum absolute atomic E-state index is 13.6. The Labute approximate surface area is 160 Å². The summed E-state index contributed by atoms with van der Waals surface area (Å²) >= 11 is 0. The Hall–Kier alpha value is -3.34. The largest absolute Gasteiger partial charge is 0.293 e. The van der Waals surface area contributed by atoms with Crippen LogP contribution in [0.4, 0.5) is 10.2 Å². The van der Waals surface area contributed by atoms with Crippen LogP contribution in [0.15, 0.2) is 36.7 Å². The van der Waals surface area contributed by atoms with E-state index in [-0.39, 0.29) is 17.7 Å². The van der Waals surface area contributed by atoms with Crippen LogP contribution in [0.1, 0.15) is 19.8 Å². The van der Waals surface area contributed by atoms with Gasteiger partial charge in [0.15, 0.2) is 5.82 Å². The van der Waals surface area contributed by atoms with Gasteiger partial charge in [0.1, 0.15) is 16.6 Å². The van der Waals surface area contributed by atoms with Gasteiger partial charge in [-0.3, -0.25) is 9.69 Å². The Bertz CT molecular complexity index is 1150. The molecule has 28 heavy (non-hydrogen) atoms. The molecule has 5 rings (SSSR count). The molecule has 1 saturated heterocycles. The van der Waals surface area contributed by atoms with E-state index in [4.69, 9.17) is 0 Å². The number of anilines is 1. The Kier molecular flexibility index (Phi) is 3.50. The summed E-state index contributed by atoms with van der Waals surface area (Å²) in [6, 6.07) is 8.58. The number of hydrogen-bond donors (Lipinski definition) is 0. The summed E-state index contributed by atoms with van der Waals surface area (Å²) in [4.78, 5) is 23.5. The third-order valence-electron chi connectivity index (χ3n) is 5.84. The smallest absolute Gasteiger partial charge is 0.249 e. The minimum atomic E-state index is -0.994. The van der Waals surface area contributed by atoms with E-state index >= 15 is 0 Å². The van der Waals surface area contributed by atoms with Gasteiger partial charge in [-0.05, 0) is 37.0 Å². The van der Waals surface area contributed by atoms with Crippen LogP contribution in [0.25, 0.3) is 16.9 Å². The standard InChI is InChI=1S/C20H17FN6O/c1-12-9-26(19(28)20(12,11-22)13-5-6-13)18-16-7-8-23-27(16)10-15(25-18)14-3-2-4-17(21)24-14/h2-4,7-8,10,12-13H,5-6,9H2,1H3/t12-,20+/m1/s1. The second-order valence-electron chi connectivity index (χ2n) is 7.53. The molecule has 8 heteroatoms. The number of nitriles is 1. The predicted molar refractivity (Wildman–Crippen MR) is 98.5 cm³/mol. The van der Waals surface area contributed by atoms with Crippen LogP contribution in [-0.4, -0.2) is 32.0 Å². The van der Waals surface area contributed by atoms with E-state index in [1.807, 2.05) is 6.92 Å². The molecular formula is C20H17FN6O. The first kappa shape index (κ1) is 16.8. The first-order chi connectivity index (χ1) is 13.5. The van der Waals surface area contributed by atoms with Crippen molar-refractivity contribution in [3.63, 3.8) is 0 Å². The number of carbonyl (C=O) groups is 1. The number of pyridine rings is 1. The zero-order chi connectivity index (χ0) is 19.5. The average Bonchev–Trinajstić information content (AvgIpc) is 3.36. The van der Waals surface area contributed by atoms with E-state index in [0.717, 1.165) is 12.8 Å². The Morgan fingerprint density at radius 1 is 1.25 bits per heavy atom. The number of fused-ring (bicyclic) bond motifs is 1. The molecule has 1 aliphatic carbocycles. The summed E-state index contributed by atoms with van der Waals surface area (Å²) in [5.41, 5.74) is 0.426. The molecule has 7 nitrogen and oxygen atoms in total. The van der Waals surface area contributed by atoms with Crippen molar-refractivity contribution in [2.24, 2.45) is 17.3 Å². The van der Waals surface area contributed by atoms with Crippen molar-refractivity contribution in [1.82, 2.24) is 19.6 Å². The van der Waals surface area contributed by atoms with Crippen molar-refractivity contribution < 1.29 is 9.18 Å². The lowest BCUT2D eigenvalue weighted by Crippen LogP contribution is -2.37. The molecule has 0 bridgehead atoms. The third-order valence-corrected chi connectivity index (χ3v) is 5.84. The van der Waals surface area contributed by atoms with Gasteiger partial charge in [0.25, 0.3) is 0 Å². The van der Waals surface area contributed by atoms with Crippen LogP contribution in [0, 0.1) is 34.5 Å². The van der Waals surface area contributed by atoms with Gasteiger partial charge in [-0.2, -0.15) is 14.8 Å². The fourth-order valence-electron chi connectivity index (χ4n) is 4.27. The quantitative estimate of drug-likeness (QED) is 0.656. The van der Waals surface area contributed by atoms with E-state index in [9.17, 15) is 14.4 Å².